The summed E-state index contributed by atoms with van der Waals surface area (Å²) in [4.78, 5) is 2.38. The van der Waals surface area contributed by atoms with E-state index in [9.17, 15) is 5.11 Å². The Hall–Kier alpha value is -1.72. The molecule has 1 aliphatic rings. The van der Waals surface area contributed by atoms with E-state index in [1.165, 1.54) is 5.56 Å². The average Bonchev–Trinajstić information content (AvgIpc) is 3.07. The van der Waals surface area contributed by atoms with E-state index in [4.69, 9.17) is 0 Å². The second-order valence-corrected chi connectivity index (χ2v) is 6.29. The number of hydrogen-bond acceptors (Lipinski definition) is 4. The Balaban J connectivity index is 1.81. The molecule has 1 atom stereocenters. The van der Waals surface area contributed by atoms with Crippen LogP contribution in [0.5, 0.6) is 0 Å². The maximum absolute atomic E-state index is 10.1. The van der Waals surface area contributed by atoms with Crippen molar-refractivity contribution >= 4 is 0 Å². The predicted molar refractivity (Wildman–Crippen MR) is 85.3 cm³/mol. The molecule has 1 aromatic carbocycles. The Morgan fingerprint density at radius 3 is 2.64 bits per heavy atom. The summed E-state index contributed by atoms with van der Waals surface area (Å²) < 4.78 is 2.03. The molecule has 0 aliphatic carbocycles. The first kappa shape index (κ1) is 15.2. The van der Waals surface area contributed by atoms with Crippen molar-refractivity contribution in [2.24, 2.45) is 7.05 Å². The molecule has 1 unspecified atom stereocenters. The van der Waals surface area contributed by atoms with Crippen molar-refractivity contribution in [1.82, 2.24) is 19.7 Å². The average molecular weight is 300 g/mol. The van der Waals surface area contributed by atoms with Crippen LogP contribution in [0.3, 0.4) is 0 Å². The standard InChI is InChI=1S/C17H24N4O/c1-14-18-19-16(20(14)2)12-21-10-6-9-17(21,13-22)11-15-7-4-3-5-8-15/h3-5,7-8,22H,6,9-13H2,1-2H3. The molecule has 0 bridgehead atoms. The van der Waals surface area contributed by atoms with Gasteiger partial charge in [-0.2, -0.15) is 0 Å². The highest BCUT2D eigenvalue weighted by atomic mass is 16.3. The molecule has 5 nitrogen and oxygen atoms in total. The lowest BCUT2D eigenvalue weighted by Crippen LogP contribution is -2.48. The van der Waals surface area contributed by atoms with Crippen LogP contribution >= 0.6 is 0 Å². The Bertz CT molecular complexity index is 625. The first-order valence-corrected chi connectivity index (χ1v) is 7.89. The lowest BCUT2D eigenvalue weighted by atomic mass is 9.89. The number of nitrogens with zero attached hydrogens (tertiary/aromatic N) is 4. The Labute approximate surface area is 131 Å². The molecule has 2 aromatic rings. The van der Waals surface area contributed by atoms with Crippen molar-refractivity contribution in [3.63, 3.8) is 0 Å². The van der Waals surface area contributed by atoms with Crippen LogP contribution in [0.2, 0.25) is 0 Å². The molecular formula is C17H24N4O. The number of aliphatic hydroxyl groups is 1. The SMILES string of the molecule is Cc1nnc(CN2CCCC2(CO)Cc2ccccc2)n1C. The van der Waals surface area contributed by atoms with E-state index in [-0.39, 0.29) is 12.1 Å². The summed E-state index contributed by atoms with van der Waals surface area (Å²) in [5.41, 5.74) is 1.10. The molecule has 22 heavy (non-hydrogen) atoms. The number of hydrogen-bond donors (Lipinski definition) is 1. The number of benzene rings is 1. The summed E-state index contributed by atoms with van der Waals surface area (Å²) in [5.74, 6) is 1.89. The van der Waals surface area contributed by atoms with E-state index in [2.05, 4.69) is 39.4 Å². The van der Waals surface area contributed by atoms with Crippen LogP contribution in [0.1, 0.15) is 30.1 Å². The van der Waals surface area contributed by atoms with Crippen LogP contribution in [0, 0.1) is 6.92 Å². The van der Waals surface area contributed by atoms with E-state index in [1.807, 2.05) is 24.6 Å². The summed E-state index contributed by atoms with van der Waals surface area (Å²) in [5, 5.41) is 18.5. The molecule has 0 amide bonds. The Morgan fingerprint density at radius 1 is 1.23 bits per heavy atom. The van der Waals surface area contributed by atoms with Gasteiger partial charge in [-0.3, -0.25) is 4.90 Å². The fourth-order valence-electron chi connectivity index (χ4n) is 3.41. The minimum atomic E-state index is -0.179. The third-order valence-corrected chi connectivity index (χ3v) is 4.93. The molecule has 1 aliphatic heterocycles. The van der Waals surface area contributed by atoms with Gasteiger partial charge in [0, 0.05) is 12.6 Å². The van der Waals surface area contributed by atoms with Gasteiger partial charge >= 0.3 is 0 Å². The van der Waals surface area contributed by atoms with Gasteiger partial charge in [-0.25, -0.2) is 0 Å². The van der Waals surface area contributed by atoms with Gasteiger partial charge in [0.25, 0.3) is 0 Å². The van der Waals surface area contributed by atoms with Crippen molar-refractivity contribution < 1.29 is 5.11 Å². The van der Waals surface area contributed by atoms with Crippen LogP contribution in [0.4, 0.5) is 0 Å². The minimum absolute atomic E-state index is 0.179. The van der Waals surface area contributed by atoms with Crippen molar-refractivity contribution in [2.45, 2.75) is 38.3 Å². The van der Waals surface area contributed by atoms with Crippen molar-refractivity contribution in [1.29, 1.82) is 0 Å². The molecule has 1 fully saturated rings. The zero-order valence-electron chi connectivity index (χ0n) is 13.4. The summed E-state index contributed by atoms with van der Waals surface area (Å²) in [7, 11) is 2.00. The van der Waals surface area contributed by atoms with E-state index in [0.29, 0.717) is 0 Å². The maximum Gasteiger partial charge on any atom is 0.146 e. The second kappa shape index (κ2) is 6.18. The number of aliphatic hydroxyl groups excluding tert-OH is 1. The monoisotopic (exact) mass is 300 g/mol. The van der Waals surface area contributed by atoms with Crippen molar-refractivity contribution in [3.05, 3.63) is 47.5 Å². The van der Waals surface area contributed by atoms with E-state index < -0.39 is 0 Å². The van der Waals surface area contributed by atoms with Gasteiger partial charge in [0.05, 0.1) is 13.2 Å². The van der Waals surface area contributed by atoms with E-state index >= 15 is 0 Å². The summed E-state index contributed by atoms with van der Waals surface area (Å²) in [6.07, 6.45) is 3.01. The first-order chi connectivity index (χ1) is 10.6. The van der Waals surface area contributed by atoms with E-state index in [0.717, 1.165) is 44.0 Å². The third kappa shape index (κ3) is 2.78. The van der Waals surface area contributed by atoms with Crippen LogP contribution in [0.15, 0.2) is 30.3 Å². The Morgan fingerprint density at radius 2 is 2.00 bits per heavy atom. The zero-order valence-corrected chi connectivity index (χ0v) is 13.4. The maximum atomic E-state index is 10.1. The number of aromatic nitrogens is 3. The Kier molecular flexibility index (Phi) is 4.27. The summed E-state index contributed by atoms with van der Waals surface area (Å²) >= 11 is 0. The van der Waals surface area contributed by atoms with Gasteiger partial charge in [0.15, 0.2) is 0 Å². The van der Waals surface area contributed by atoms with Gasteiger partial charge in [0.1, 0.15) is 11.6 Å². The van der Waals surface area contributed by atoms with Crippen molar-refractivity contribution in [2.75, 3.05) is 13.2 Å². The molecule has 0 spiro atoms. The first-order valence-electron chi connectivity index (χ1n) is 7.89. The number of rotatable bonds is 5. The number of aryl methyl sites for hydroxylation is 1. The molecule has 1 aromatic heterocycles. The molecule has 118 valence electrons. The van der Waals surface area contributed by atoms with Crippen molar-refractivity contribution in [3.8, 4) is 0 Å². The predicted octanol–water partition coefficient (Wildman–Crippen LogP) is 1.69. The van der Waals surface area contributed by atoms with Gasteiger partial charge in [-0.05, 0) is 38.3 Å². The quantitative estimate of drug-likeness (QED) is 0.913. The van der Waals surface area contributed by atoms with Crippen LogP contribution in [0.25, 0.3) is 0 Å². The molecular weight excluding hydrogens is 276 g/mol. The zero-order chi connectivity index (χ0) is 15.6. The van der Waals surface area contributed by atoms with Crippen LogP contribution in [-0.2, 0) is 20.0 Å². The largest absolute Gasteiger partial charge is 0.394 e. The van der Waals surface area contributed by atoms with Crippen LogP contribution in [-0.4, -0.2) is 43.5 Å². The summed E-state index contributed by atoms with van der Waals surface area (Å²) in [6, 6.07) is 10.4. The fraction of sp³-hybridized carbons (Fsp3) is 0.529. The molecule has 0 saturated carbocycles. The number of likely N-dealkylation sites (tertiary alicyclic amines) is 1. The molecule has 2 heterocycles. The normalized spacial score (nSPS) is 22.3. The van der Waals surface area contributed by atoms with Crippen LogP contribution < -0.4 is 0 Å². The molecule has 3 rings (SSSR count). The van der Waals surface area contributed by atoms with Gasteiger partial charge in [0.2, 0.25) is 0 Å². The highest BCUT2D eigenvalue weighted by molar-refractivity contribution is 5.19. The molecule has 0 radical (unpaired) electrons. The van der Waals surface area contributed by atoms with Gasteiger partial charge in [-0.1, -0.05) is 30.3 Å². The topological polar surface area (TPSA) is 54.2 Å². The fourth-order valence-corrected chi connectivity index (χ4v) is 3.41. The summed E-state index contributed by atoms with van der Waals surface area (Å²) in [6.45, 7) is 3.88. The second-order valence-electron chi connectivity index (χ2n) is 6.29. The minimum Gasteiger partial charge on any atom is -0.394 e. The van der Waals surface area contributed by atoms with Gasteiger partial charge < -0.3 is 9.67 Å². The van der Waals surface area contributed by atoms with Gasteiger partial charge in [-0.15, -0.1) is 10.2 Å². The molecule has 5 heteroatoms. The molecule has 1 saturated heterocycles. The highest BCUT2D eigenvalue weighted by Crippen LogP contribution is 2.33. The third-order valence-electron chi connectivity index (χ3n) is 4.93. The lowest BCUT2D eigenvalue weighted by molar-refractivity contribution is 0.0556. The lowest BCUT2D eigenvalue weighted by Gasteiger charge is -2.37. The highest BCUT2D eigenvalue weighted by Gasteiger charge is 2.40. The van der Waals surface area contributed by atoms with E-state index in [1.54, 1.807) is 0 Å². The smallest absolute Gasteiger partial charge is 0.146 e. The molecule has 1 N–H and O–H groups in total.